The number of halogens is 2. The number of amides is 1. The van der Waals surface area contributed by atoms with Crippen LogP contribution in [0.3, 0.4) is 0 Å². The Morgan fingerprint density at radius 2 is 1.77 bits per heavy atom. The van der Waals surface area contributed by atoms with Gasteiger partial charge in [0.2, 0.25) is 0 Å². The van der Waals surface area contributed by atoms with Crippen molar-refractivity contribution in [2.24, 2.45) is 10.2 Å². The number of hydrogen-bond donors (Lipinski definition) is 3. The molecule has 0 atom stereocenters. The first kappa shape index (κ1) is 28.3. The zero-order chi connectivity index (χ0) is 28.3. The summed E-state index contributed by atoms with van der Waals surface area (Å²) in [5.41, 5.74) is 0.723. The van der Waals surface area contributed by atoms with Crippen LogP contribution in [0.15, 0.2) is 75.8 Å². The molecule has 0 saturated heterocycles. The number of nitrogens with one attached hydrogen (secondary N) is 1. The molecule has 0 unspecified atom stereocenters. The molecule has 4 aromatic carbocycles. The summed E-state index contributed by atoms with van der Waals surface area (Å²) in [7, 11) is -4.56. The van der Waals surface area contributed by atoms with E-state index in [1.807, 2.05) is 0 Å². The Balaban J connectivity index is 1.82. The molecule has 4 aromatic rings. The fourth-order valence-corrected chi connectivity index (χ4v) is 5.11. The minimum Gasteiger partial charge on any atom is -0.505 e. The molecular weight excluding hydrogens is 565 g/mol. The molecule has 0 aliphatic rings. The Labute approximate surface area is 234 Å². The quantitative estimate of drug-likeness (QED) is 0.142. The Morgan fingerprint density at radius 3 is 2.46 bits per heavy atom. The van der Waals surface area contributed by atoms with Gasteiger partial charge in [-0.25, -0.2) is 0 Å². The number of anilines is 1. The first-order chi connectivity index (χ1) is 18.5. The molecule has 12 heteroatoms. The Hall–Kier alpha value is -3.70. The highest BCUT2D eigenvalue weighted by atomic mass is 35.5. The molecule has 4 rings (SSSR count). The molecule has 1 amide bonds. The minimum absolute atomic E-state index is 0.0251. The predicted molar refractivity (Wildman–Crippen MR) is 151 cm³/mol. The zero-order valence-corrected chi connectivity index (χ0v) is 23.1. The van der Waals surface area contributed by atoms with Gasteiger partial charge in [0, 0.05) is 10.4 Å². The summed E-state index contributed by atoms with van der Waals surface area (Å²) < 4.78 is 38.4. The van der Waals surface area contributed by atoms with Crippen molar-refractivity contribution in [3.8, 4) is 11.5 Å². The summed E-state index contributed by atoms with van der Waals surface area (Å²) in [6, 6.07) is 15.6. The topological polar surface area (TPSA) is 138 Å². The molecule has 0 aliphatic heterocycles. The first-order valence-electron chi connectivity index (χ1n) is 11.7. The van der Waals surface area contributed by atoms with E-state index in [0.717, 1.165) is 12.1 Å². The fraction of sp³-hybridized carbons (Fsp3) is 0.148. The second-order valence-corrected chi connectivity index (χ2v) is 10.5. The Bertz CT molecular complexity index is 1720. The third kappa shape index (κ3) is 5.99. The van der Waals surface area contributed by atoms with Gasteiger partial charge in [-0.05, 0) is 54.6 Å². The van der Waals surface area contributed by atoms with Gasteiger partial charge in [0.1, 0.15) is 16.5 Å². The lowest BCUT2D eigenvalue weighted by atomic mass is 10.0. The number of carbonyl (C=O) groups excluding carboxylic acids is 1. The van der Waals surface area contributed by atoms with Crippen LogP contribution >= 0.6 is 23.2 Å². The SMILES string of the molecule is CCOc1cccc(NC(=O)c2cc3ccccc3c(N=Nc3cc(S(=O)(=O)O)cc(Cl)c3CC)c2O)c1Cl. The smallest absolute Gasteiger partial charge is 0.294 e. The van der Waals surface area contributed by atoms with Crippen LogP contribution in [0.4, 0.5) is 17.1 Å². The number of aromatic hydroxyl groups is 1. The van der Waals surface area contributed by atoms with E-state index in [1.54, 1.807) is 56.3 Å². The number of ether oxygens (including phenoxy) is 1. The van der Waals surface area contributed by atoms with Gasteiger partial charge in [-0.2, -0.15) is 13.5 Å². The molecule has 0 radical (unpaired) electrons. The van der Waals surface area contributed by atoms with E-state index in [-0.39, 0.29) is 32.7 Å². The predicted octanol–water partition coefficient (Wildman–Crippen LogP) is 7.73. The standard InChI is InChI=1S/C27H23Cl2N3O6S/c1-3-17-20(28)13-16(39(35,36)37)14-22(17)31-32-25-18-9-6-5-8-15(18)12-19(26(25)33)27(34)30-21-10-7-11-23(24(21)29)38-4-2/h5-14,33H,3-4H2,1-2H3,(H,30,34)(H,35,36,37). The number of carbonyl (C=O) groups is 1. The van der Waals surface area contributed by atoms with Crippen molar-refractivity contribution in [1.82, 2.24) is 0 Å². The van der Waals surface area contributed by atoms with E-state index in [2.05, 4.69) is 15.5 Å². The molecule has 0 saturated carbocycles. The van der Waals surface area contributed by atoms with Crippen LogP contribution in [0, 0.1) is 0 Å². The van der Waals surface area contributed by atoms with Crippen LogP contribution in [0.25, 0.3) is 10.8 Å². The van der Waals surface area contributed by atoms with Gasteiger partial charge >= 0.3 is 0 Å². The lowest BCUT2D eigenvalue weighted by Gasteiger charge is -2.13. The highest BCUT2D eigenvalue weighted by Gasteiger charge is 2.21. The van der Waals surface area contributed by atoms with Gasteiger partial charge in [-0.15, -0.1) is 5.11 Å². The van der Waals surface area contributed by atoms with Crippen LogP contribution in [0.1, 0.15) is 29.8 Å². The third-order valence-electron chi connectivity index (χ3n) is 5.81. The molecule has 0 aromatic heterocycles. The number of benzene rings is 4. The maximum absolute atomic E-state index is 13.3. The van der Waals surface area contributed by atoms with Crippen molar-refractivity contribution in [3.63, 3.8) is 0 Å². The van der Waals surface area contributed by atoms with E-state index in [9.17, 15) is 22.9 Å². The summed E-state index contributed by atoms with van der Waals surface area (Å²) in [5.74, 6) is -0.718. The van der Waals surface area contributed by atoms with E-state index in [4.69, 9.17) is 27.9 Å². The summed E-state index contributed by atoms with van der Waals surface area (Å²) in [6.45, 7) is 3.98. The highest BCUT2D eigenvalue weighted by Crippen LogP contribution is 2.41. The molecule has 202 valence electrons. The number of nitrogens with zero attached hydrogens (tertiary/aromatic N) is 2. The van der Waals surface area contributed by atoms with Crippen LogP contribution < -0.4 is 10.1 Å². The van der Waals surface area contributed by atoms with E-state index in [1.165, 1.54) is 6.07 Å². The number of phenolic OH excluding ortho intramolecular Hbond substituents is 1. The third-order valence-corrected chi connectivity index (χ3v) is 7.36. The first-order valence-corrected chi connectivity index (χ1v) is 13.9. The van der Waals surface area contributed by atoms with E-state index in [0.29, 0.717) is 35.1 Å². The Kier molecular flexibility index (Phi) is 8.41. The number of azo groups is 1. The maximum atomic E-state index is 13.3. The maximum Gasteiger partial charge on any atom is 0.294 e. The molecule has 39 heavy (non-hydrogen) atoms. The average molecular weight is 588 g/mol. The van der Waals surface area contributed by atoms with Crippen LogP contribution in [-0.2, 0) is 16.5 Å². The number of phenols is 1. The number of rotatable bonds is 8. The van der Waals surface area contributed by atoms with Crippen molar-refractivity contribution in [1.29, 1.82) is 0 Å². The lowest BCUT2D eigenvalue weighted by Crippen LogP contribution is -2.13. The van der Waals surface area contributed by atoms with Crippen molar-refractivity contribution in [2.45, 2.75) is 25.2 Å². The molecule has 0 fully saturated rings. The number of hydrogen-bond acceptors (Lipinski definition) is 7. The normalized spacial score (nSPS) is 11.7. The van der Waals surface area contributed by atoms with Crippen molar-refractivity contribution < 1.29 is 27.6 Å². The van der Waals surface area contributed by atoms with Crippen LogP contribution in [-0.4, -0.2) is 30.6 Å². The van der Waals surface area contributed by atoms with Gasteiger partial charge < -0.3 is 15.2 Å². The average Bonchev–Trinajstić information content (AvgIpc) is 2.89. The molecule has 9 nitrogen and oxygen atoms in total. The molecule has 0 heterocycles. The molecule has 0 bridgehead atoms. The van der Waals surface area contributed by atoms with Crippen molar-refractivity contribution in [2.75, 3.05) is 11.9 Å². The minimum atomic E-state index is -4.56. The van der Waals surface area contributed by atoms with Gasteiger partial charge in [0.15, 0.2) is 5.75 Å². The largest absolute Gasteiger partial charge is 0.505 e. The van der Waals surface area contributed by atoms with Gasteiger partial charge in [0.05, 0.1) is 28.4 Å². The number of fused-ring (bicyclic) bond motifs is 1. The van der Waals surface area contributed by atoms with Gasteiger partial charge in [-0.1, -0.05) is 60.5 Å². The molecule has 3 N–H and O–H groups in total. The molecular formula is C27H23Cl2N3O6S. The fourth-order valence-electron chi connectivity index (χ4n) is 3.95. The van der Waals surface area contributed by atoms with E-state index >= 15 is 0 Å². The lowest BCUT2D eigenvalue weighted by molar-refractivity contribution is 0.102. The monoisotopic (exact) mass is 587 g/mol. The van der Waals surface area contributed by atoms with Crippen LogP contribution in [0.5, 0.6) is 11.5 Å². The molecule has 0 spiro atoms. The van der Waals surface area contributed by atoms with Crippen LogP contribution in [0.2, 0.25) is 10.0 Å². The van der Waals surface area contributed by atoms with Gasteiger partial charge in [0.25, 0.3) is 16.0 Å². The molecule has 0 aliphatic carbocycles. The summed E-state index contributed by atoms with van der Waals surface area (Å²) in [6.07, 6.45) is 0.385. The highest BCUT2D eigenvalue weighted by molar-refractivity contribution is 7.85. The van der Waals surface area contributed by atoms with Gasteiger partial charge in [-0.3, -0.25) is 9.35 Å². The van der Waals surface area contributed by atoms with Crippen molar-refractivity contribution in [3.05, 3.63) is 81.8 Å². The summed E-state index contributed by atoms with van der Waals surface area (Å²) in [4.78, 5) is 12.8. The van der Waals surface area contributed by atoms with Crippen molar-refractivity contribution >= 4 is 67.1 Å². The Morgan fingerprint density at radius 1 is 1.03 bits per heavy atom. The second kappa shape index (κ2) is 11.6. The second-order valence-electron chi connectivity index (χ2n) is 8.28. The van der Waals surface area contributed by atoms with E-state index < -0.39 is 26.7 Å². The zero-order valence-electron chi connectivity index (χ0n) is 20.8. The summed E-state index contributed by atoms with van der Waals surface area (Å²) >= 11 is 12.6. The summed E-state index contributed by atoms with van der Waals surface area (Å²) in [5, 5.41) is 23.6.